The molecule has 2 N–H and O–H groups in total. The van der Waals surface area contributed by atoms with Gasteiger partial charge in [0.15, 0.2) is 0 Å². The van der Waals surface area contributed by atoms with Crippen LogP contribution in [-0.4, -0.2) is 30.8 Å². The van der Waals surface area contributed by atoms with Crippen LogP contribution in [0.25, 0.3) is 0 Å². The van der Waals surface area contributed by atoms with Crippen LogP contribution in [0.3, 0.4) is 0 Å². The number of aryl methyl sites for hydroxylation is 2. The van der Waals surface area contributed by atoms with E-state index in [4.69, 9.17) is 9.84 Å². The molecule has 0 radical (unpaired) electrons. The largest absolute Gasteiger partial charge is 0.480 e. The summed E-state index contributed by atoms with van der Waals surface area (Å²) in [6, 6.07) is 3.15. The number of hydrogen-bond donors (Lipinski definition) is 2. The molecule has 0 aliphatic rings. The fraction of sp³-hybridized carbons (Fsp3) is 0.417. The number of aliphatic carboxylic acids is 1. The van der Waals surface area contributed by atoms with Crippen LogP contribution >= 0.6 is 15.9 Å². The van der Waals surface area contributed by atoms with Gasteiger partial charge >= 0.3 is 5.97 Å². The molecule has 1 aromatic carbocycles. The molecule has 0 aromatic heterocycles. The van der Waals surface area contributed by atoms with E-state index in [0.29, 0.717) is 0 Å². The number of methoxy groups -OCH3 is 1. The number of benzene rings is 1. The molecule has 4 nitrogen and oxygen atoms in total. The summed E-state index contributed by atoms with van der Waals surface area (Å²) < 4.78 is 5.87. The Bertz CT molecular complexity index is 397. The molecule has 1 aromatic rings. The van der Waals surface area contributed by atoms with Gasteiger partial charge in [0.05, 0.1) is 6.61 Å². The second-order valence-corrected chi connectivity index (χ2v) is 4.82. The summed E-state index contributed by atoms with van der Waals surface area (Å²) in [6.07, 6.45) is 0. The van der Waals surface area contributed by atoms with Crippen molar-refractivity contribution < 1.29 is 14.6 Å². The Balaban J connectivity index is 2.97. The van der Waals surface area contributed by atoms with Crippen LogP contribution in [0.2, 0.25) is 0 Å². The van der Waals surface area contributed by atoms with Gasteiger partial charge in [0.25, 0.3) is 0 Å². The maximum absolute atomic E-state index is 11.0. The minimum Gasteiger partial charge on any atom is -0.480 e. The van der Waals surface area contributed by atoms with Crippen molar-refractivity contribution in [2.24, 2.45) is 0 Å². The minimum absolute atomic E-state index is 0.129. The Labute approximate surface area is 109 Å². The molecule has 1 unspecified atom stereocenters. The molecule has 1 rings (SSSR count). The molecule has 0 aliphatic carbocycles. The van der Waals surface area contributed by atoms with Crippen molar-refractivity contribution in [3.05, 3.63) is 27.7 Å². The van der Waals surface area contributed by atoms with E-state index in [1.165, 1.54) is 7.11 Å². The summed E-state index contributed by atoms with van der Waals surface area (Å²) in [4.78, 5) is 11.0. The first-order valence-corrected chi connectivity index (χ1v) is 6.00. The Morgan fingerprint density at radius 1 is 1.47 bits per heavy atom. The fourth-order valence-electron chi connectivity index (χ4n) is 1.65. The molecule has 0 saturated carbocycles. The van der Waals surface area contributed by atoms with Gasteiger partial charge in [-0.3, -0.25) is 0 Å². The number of carboxylic acid groups (broad SMARTS) is 1. The maximum Gasteiger partial charge on any atom is 0.328 e. The topological polar surface area (TPSA) is 58.6 Å². The van der Waals surface area contributed by atoms with Gasteiger partial charge in [-0.05, 0) is 37.1 Å². The fourth-order valence-corrected chi connectivity index (χ4v) is 2.34. The number of rotatable bonds is 5. The van der Waals surface area contributed by atoms with E-state index in [1.807, 2.05) is 26.0 Å². The third kappa shape index (κ3) is 3.71. The normalized spacial score (nSPS) is 12.2. The number of anilines is 1. The molecular formula is C12H16BrNO3. The number of nitrogens with one attached hydrogen (secondary N) is 1. The molecule has 0 spiro atoms. The molecule has 0 amide bonds. The first-order valence-electron chi connectivity index (χ1n) is 5.20. The second-order valence-electron chi connectivity index (χ2n) is 3.91. The van der Waals surface area contributed by atoms with Crippen LogP contribution in [-0.2, 0) is 9.53 Å². The monoisotopic (exact) mass is 301 g/mol. The summed E-state index contributed by atoms with van der Waals surface area (Å²) >= 11 is 3.40. The summed E-state index contributed by atoms with van der Waals surface area (Å²) in [7, 11) is 1.49. The van der Waals surface area contributed by atoms with Gasteiger partial charge < -0.3 is 15.2 Å². The summed E-state index contributed by atoms with van der Waals surface area (Å²) in [5.41, 5.74) is 2.84. The van der Waals surface area contributed by atoms with Crippen LogP contribution in [0.1, 0.15) is 11.1 Å². The van der Waals surface area contributed by atoms with Crippen molar-refractivity contribution in [2.75, 3.05) is 19.0 Å². The van der Waals surface area contributed by atoms with Gasteiger partial charge in [-0.2, -0.15) is 0 Å². The highest BCUT2D eigenvalue weighted by atomic mass is 79.9. The maximum atomic E-state index is 11.0. The van der Waals surface area contributed by atoms with Crippen LogP contribution in [0.15, 0.2) is 16.6 Å². The van der Waals surface area contributed by atoms with Crippen molar-refractivity contribution in [3.8, 4) is 0 Å². The SMILES string of the molecule is COCC(Nc1c(C)cc(Br)cc1C)C(=O)O. The molecule has 0 fully saturated rings. The lowest BCUT2D eigenvalue weighted by molar-refractivity contribution is -0.139. The molecule has 5 heteroatoms. The van der Waals surface area contributed by atoms with Gasteiger partial charge in [-0.15, -0.1) is 0 Å². The molecule has 94 valence electrons. The zero-order chi connectivity index (χ0) is 13.0. The molecule has 0 heterocycles. The van der Waals surface area contributed by atoms with E-state index in [1.54, 1.807) is 0 Å². The quantitative estimate of drug-likeness (QED) is 0.877. The number of halogens is 1. The summed E-state index contributed by atoms with van der Waals surface area (Å²) in [5, 5.41) is 12.0. The summed E-state index contributed by atoms with van der Waals surface area (Å²) in [6.45, 7) is 4.00. The third-order valence-corrected chi connectivity index (χ3v) is 2.91. The molecular weight excluding hydrogens is 286 g/mol. The third-order valence-electron chi connectivity index (χ3n) is 2.45. The van der Waals surface area contributed by atoms with Gasteiger partial charge in [0.2, 0.25) is 0 Å². The van der Waals surface area contributed by atoms with Crippen LogP contribution < -0.4 is 5.32 Å². The zero-order valence-electron chi connectivity index (χ0n) is 10.1. The van der Waals surface area contributed by atoms with Gasteiger partial charge in [0, 0.05) is 17.3 Å². The first-order chi connectivity index (χ1) is 7.95. The van der Waals surface area contributed by atoms with E-state index >= 15 is 0 Å². The lowest BCUT2D eigenvalue weighted by Gasteiger charge is -2.18. The number of carboxylic acids is 1. The first kappa shape index (κ1) is 14.0. The van der Waals surface area contributed by atoms with Gasteiger partial charge in [-0.25, -0.2) is 4.79 Å². The Morgan fingerprint density at radius 3 is 2.41 bits per heavy atom. The van der Waals surface area contributed by atoms with Crippen LogP contribution in [0.5, 0.6) is 0 Å². The molecule has 1 atom stereocenters. The van der Waals surface area contributed by atoms with Crippen molar-refractivity contribution in [3.63, 3.8) is 0 Å². The highest BCUT2D eigenvalue weighted by Gasteiger charge is 2.18. The lowest BCUT2D eigenvalue weighted by atomic mass is 10.1. The van der Waals surface area contributed by atoms with E-state index < -0.39 is 12.0 Å². The minimum atomic E-state index is -0.923. The number of ether oxygens (including phenoxy) is 1. The molecule has 17 heavy (non-hydrogen) atoms. The average Bonchev–Trinajstić information content (AvgIpc) is 2.21. The van der Waals surface area contributed by atoms with Crippen molar-refractivity contribution in [1.29, 1.82) is 0 Å². The highest BCUT2D eigenvalue weighted by Crippen LogP contribution is 2.25. The van der Waals surface area contributed by atoms with Crippen LogP contribution in [0, 0.1) is 13.8 Å². The Hall–Kier alpha value is -1.07. The van der Waals surface area contributed by atoms with Crippen molar-refractivity contribution >= 4 is 27.6 Å². The van der Waals surface area contributed by atoms with E-state index in [9.17, 15) is 4.79 Å². The van der Waals surface area contributed by atoms with E-state index in [0.717, 1.165) is 21.3 Å². The second kappa shape index (κ2) is 6.02. The zero-order valence-corrected chi connectivity index (χ0v) is 11.7. The van der Waals surface area contributed by atoms with E-state index in [2.05, 4.69) is 21.2 Å². The van der Waals surface area contributed by atoms with Crippen molar-refractivity contribution in [2.45, 2.75) is 19.9 Å². The highest BCUT2D eigenvalue weighted by molar-refractivity contribution is 9.10. The predicted octanol–water partition coefficient (Wildman–Crippen LogP) is 2.58. The van der Waals surface area contributed by atoms with E-state index in [-0.39, 0.29) is 6.61 Å². The summed E-state index contributed by atoms with van der Waals surface area (Å²) in [5.74, 6) is -0.923. The Morgan fingerprint density at radius 2 is 2.00 bits per heavy atom. The predicted molar refractivity (Wildman–Crippen MR) is 70.5 cm³/mol. The van der Waals surface area contributed by atoms with Gasteiger partial charge in [0.1, 0.15) is 6.04 Å². The Kier molecular flexibility index (Phi) is 4.96. The average molecular weight is 302 g/mol. The number of carbonyl (C=O) groups is 1. The van der Waals surface area contributed by atoms with Crippen LogP contribution in [0.4, 0.5) is 5.69 Å². The smallest absolute Gasteiger partial charge is 0.328 e. The molecule has 0 aliphatic heterocycles. The lowest BCUT2D eigenvalue weighted by Crippen LogP contribution is -2.34. The van der Waals surface area contributed by atoms with Gasteiger partial charge in [-0.1, -0.05) is 15.9 Å². The number of hydrogen-bond acceptors (Lipinski definition) is 3. The molecule has 0 saturated heterocycles. The standard InChI is InChI=1S/C12H16BrNO3/c1-7-4-9(13)5-8(2)11(7)14-10(6-17-3)12(15)16/h4-5,10,14H,6H2,1-3H3,(H,15,16). The van der Waals surface area contributed by atoms with Crippen molar-refractivity contribution in [1.82, 2.24) is 0 Å². The molecule has 0 bridgehead atoms.